The first kappa shape index (κ1) is 25.7. The molecule has 1 atom stereocenters. The quantitative estimate of drug-likeness (QED) is 0.512. The van der Waals surface area contributed by atoms with Gasteiger partial charge in [-0.05, 0) is 61.7 Å². The lowest BCUT2D eigenvalue weighted by molar-refractivity contribution is -0.123. The number of nitrogens with two attached hydrogens (primary N) is 1. The van der Waals surface area contributed by atoms with Crippen molar-refractivity contribution in [3.8, 4) is 0 Å². The summed E-state index contributed by atoms with van der Waals surface area (Å²) in [7, 11) is 0. The van der Waals surface area contributed by atoms with Crippen LogP contribution < -0.4 is 22.3 Å². The average Bonchev–Trinajstić information content (AvgIpc) is 2.92. The highest BCUT2D eigenvalue weighted by atomic mass is 32.2. The minimum atomic E-state index is -0.597. The van der Waals surface area contributed by atoms with Gasteiger partial charge in [0.05, 0.1) is 17.5 Å². The van der Waals surface area contributed by atoms with Crippen LogP contribution in [-0.4, -0.2) is 44.1 Å². The molecule has 1 aliphatic heterocycles. The number of amides is 1. The molecule has 3 N–H and O–H groups in total. The molecule has 37 heavy (non-hydrogen) atoms. The van der Waals surface area contributed by atoms with Crippen LogP contribution in [0.1, 0.15) is 62.1 Å². The van der Waals surface area contributed by atoms with E-state index in [4.69, 9.17) is 5.73 Å². The van der Waals surface area contributed by atoms with Crippen LogP contribution in [0.5, 0.6) is 0 Å². The van der Waals surface area contributed by atoms with Gasteiger partial charge in [0.15, 0.2) is 0 Å². The molecule has 2 aliphatic rings. The molecule has 1 saturated heterocycles. The Balaban J connectivity index is 1.38. The number of thioether (sulfide) groups is 1. The van der Waals surface area contributed by atoms with Crippen molar-refractivity contribution < 1.29 is 9.18 Å². The van der Waals surface area contributed by atoms with Gasteiger partial charge >= 0.3 is 5.69 Å². The molecule has 0 bridgehead atoms. The van der Waals surface area contributed by atoms with Crippen molar-refractivity contribution in [1.29, 1.82) is 0 Å². The van der Waals surface area contributed by atoms with E-state index >= 15 is 0 Å². The Morgan fingerprint density at radius 1 is 1.05 bits per heavy atom. The summed E-state index contributed by atoms with van der Waals surface area (Å²) < 4.78 is 17.0. The highest BCUT2D eigenvalue weighted by molar-refractivity contribution is 7.99. The van der Waals surface area contributed by atoms with Crippen molar-refractivity contribution >= 4 is 28.7 Å². The highest BCUT2D eigenvalue weighted by Gasteiger charge is 2.30. The Morgan fingerprint density at radius 2 is 1.73 bits per heavy atom. The number of carbonyl (C=O) groups excluding carboxylic acids is 1. The zero-order chi connectivity index (χ0) is 25.9. The van der Waals surface area contributed by atoms with Gasteiger partial charge in [0.2, 0.25) is 5.91 Å². The first-order valence-electron chi connectivity index (χ1n) is 12.9. The second-order valence-electron chi connectivity index (χ2n) is 9.91. The van der Waals surface area contributed by atoms with Gasteiger partial charge in [-0.2, -0.15) is 11.8 Å². The molecule has 1 aliphatic carbocycles. The average molecular weight is 526 g/mol. The predicted octanol–water partition coefficient (Wildman–Crippen LogP) is 3.11. The van der Waals surface area contributed by atoms with Crippen LogP contribution in [0.25, 0.3) is 11.0 Å². The molecule has 196 valence electrons. The molecule has 3 heterocycles. The monoisotopic (exact) mass is 525 g/mol. The maximum absolute atomic E-state index is 14.1. The topological polar surface area (TPSA) is 112 Å². The van der Waals surface area contributed by atoms with E-state index < -0.39 is 17.3 Å². The molecule has 1 amide bonds. The molecule has 0 radical (unpaired) electrons. The fourth-order valence-electron chi connectivity index (χ4n) is 5.66. The number of benzene rings is 1. The molecule has 3 aromatic rings. The third kappa shape index (κ3) is 5.22. The number of hydrogen-bond donors (Lipinski definition) is 2. The van der Waals surface area contributed by atoms with Gasteiger partial charge in [-0.1, -0.05) is 30.3 Å². The summed E-state index contributed by atoms with van der Waals surface area (Å²) in [4.78, 5) is 44.3. The number of rotatable bonds is 6. The van der Waals surface area contributed by atoms with E-state index in [1.807, 2.05) is 42.1 Å². The Hall–Kier alpha value is -2.98. The maximum atomic E-state index is 14.1. The van der Waals surface area contributed by atoms with Crippen molar-refractivity contribution in [3.63, 3.8) is 0 Å². The summed E-state index contributed by atoms with van der Waals surface area (Å²) in [5.74, 6) is 0.719. The second-order valence-corrected chi connectivity index (χ2v) is 11.1. The molecule has 0 spiro atoms. The Labute approximate surface area is 218 Å². The van der Waals surface area contributed by atoms with Gasteiger partial charge in [0, 0.05) is 24.7 Å². The molecule has 1 unspecified atom stereocenters. The van der Waals surface area contributed by atoms with Crippen molar-refractivity contribution in [3.05, 3.63) is 74.8 Å². The van der Waals surface area contributed by atoms with E-state index in [-0.39, 0.29) is 47.3 Å². The van der Waals surface area contributed by atoms with E-state index in [0.717, 1.165) is 36.1 Å². The Morgan fingerprint density at radius 3 is 2.41 bits per heavy atom. The number of fused-ring (bicyclic) bond motifs is 1. The lowest BCUT2D eigenvalue weighted by Gasteiger charge is -2.32. The van der Waals surface area contributed by atoms with E-state index in [1.165, 1.54) is 10.6 Å². The second kappa shape index (κ2) is 11.2. The molecular formula is C27H32FN5O3S. The number of carbonyl (C=O) groups is 1. The number of pyridine rings is 1. The normalized spacial score (nSPS) is 21.6. The molecular weight excluding hydrogens is 493 g/mol. The molecule has 1 aromatic carbocycles. The molecule has 8 nitrogen and oxygen atoms in total. The minimum Gasteiger partial charge on any atom is -0.353 e. The third-order valence-electron chi connectivity index (χ3n) is 7.64. The van der Waals surface area contributed by atoms with Gasteiger partial charge in [-0.25, -0.2) is 14.2 Å². The van der Waals surface area contributed by atoms with Crippen molar-refractivity contribution in [2.75, 3.05) is 18.1 Å². The molecule has 5 rings (SSSR count). The summed E-state index contributed by atoms with van der Waals surface area (Å²) in [6.45, 7) is 0.210. The molecule has 2 aromatic heterocycles. The third-order valence-corrected chi connectivity index (χ3v) is 8.69. The van der Waals surface area contributed by atoms with Crippen LogP contribution in [0.4, 0.5) is 4.39 Å². The van der Waals surface area contributed by atoms with E-state index in [2.05, 4.69) is 10.3 Å². The maximum Gasteiger partial charge on any atom is 0.333 e. The highest BCUT2D eigenvalue weighted by Crippen LogP contribution is 2.30. The van der Waals surface area contributed by atoms with Crippen LogP contribution in [-0.2, 0) is 4.79 Å². The number of hydrogen-bond acceptors (Lipinski definition) is 6. The molecule has 10 heteroatoms. The fourth-order valence-corrected chi connectivity index (χ4v) is 6.74. The summed E-state index contributed by atoms with van der Waals surface area (Å²) in [5, 5.41) is 3.26. The fraction of sp³-hybridized carbons (Fsp3) is 0.481. The number of nitrogens with one attached hydrogen (secondary N) is 1. The molecule has 1 saturated carbocycles. The standard InChI is InChI=1S/C27H32FN5O3S/c28-18-14-22-24(30-16-18)32(21-10-12-37-13-11-21)27(36)33(26(22)35)20-8-6-19(7-9-20)31-25(34)23(15-29)17-4-2-1-3-5-17/h1-5,14,16,19-21,23H,6-13,15,29H2,(H,31,34). The first-order chi connectivity index (χ1) is 18.0. The van der Waals surface area contributed by atoms with Crippen LogP contribution in [0.15, 0.2) is 52.2 Å². The summed E-state index contributed by atoms with van der Waals surface area (Å²) in [6.07, 6.45) is 5.07. The van der Waals surface area contributed by atoms with Crippen molar-refractivity contribution in [2.24, 2.45) is 5.73 Å². The van der Waals surface area contributed by atoms with E-state index in [9.17, 15) is 18.8 Å². The Kier molecular flexibility index (Phi) is 7.76. The minimum absolute atomic E-state index is 0.0608. The van der Waals surface area contributed by atoms with Crippen LogP contribution in [0.2, 0.25) is 0 Å². The van der Waals surface area contributed by atoms with Gasteiger partial charge in [-0.3, -0.25) is 18.7 Å². The van der Waals surface area contributed by atoms with E-state index in [0.29, 0.717) is 25.7 Å². The van der Waals surface area contributed by atoms with Crippen LogP contribution >= 0.6 is 11.8 Å². The largest absolute Gasteiger partial charge is 0.353 e. The zero-order valence-corrected chi connectivity index (χ0v) is 21.5. The summed E-state index contributed by atoms with van der Waals surface area (Å²) in [6, 6.07) is 10.2. The summed E-state index contributed by atoms with van der Waals surface area (Å²) >= 11 is 1.84. The Bertz CT molecular complexity index is 1380. The van der Waals surface area contributed by atoms with Crippen molar-refractivity contribution in [2.45, 2.75) is 62.6 Å². The number of halogens is 1. The number of aromatic nitrogens is 3. The van der Waals surface area contributed by atoms with Gasteiger partial charge < -0.3 is 11.1 Å². The first-order valence-corrected chi connectivity index (χ1v) is 14.1. The van der Waals surface area contributed by atoms with Crippen LogP contribution in [0.3, 0.4) is 0 Å². The smallest absolute Gasteiger partial charge is 0.333 e. The van der Waals surface area contributed by atoms with Crippen molar-refractivity contribution in [1.82, 2.24) is 19.4 Å². The summed E-state index contributed by atoms with van der Waals surface area (Å²) in [5.41, 5.74) is 6.18. The van der Waals surface area contributed by atoms with Gasteiger partial charge in [0.25, 0.3) is 5.56 Å². The lowest BCUT2D eigenvalue weighted by atomic mass is 9.90. The number of nitrogens with zero attached hydrogens (tertiary/aromatic N) is 3. The van der Waals surface area contributed by atoms with Crippen LogP contribution in [0, 0.1) is 5.82 Å². The lowest BCUT2D eigenvalue weighted by Crippen LogP contribution is -2.47. The van der Waals surface area contributed by atoms with Gasteiger partial charge in [-0.15, -0.1) is 0 Å². The van der Waals surface area contributed by atoms with E-state index in [1.54, 1.807) is 4.57 Å². The predicted molar refractivity (Wildman–Crippen MR) is 143 cm³/mol. The molecule has 2 fully saturated rings. The van der Waals surface area contributed by atoms with Gasteiger partial charge in [0.1, 0.15) is 11.5 Å². The zero-order valence-electron chi connectivity index (χ0n) is 20.6. The SMILES string of the molecule is NCC(C(=O)NC1CCC(n2c(=O)c3cc(F)cnc3n(C3CCSCC3)c2=O)CC1)c1ccccc1.